The van der Waals surface area contributed by atoms with E-state index in [2.05, 4.69) is 0 Å². The molecule has 0 spiro atoms. The van der Waals surface area contributed by atoms with Gasteiger partial charge < -0.3 is 9.47 Å². The fourth-order valence-electron chi connectivity index (χ4n) is 2.39. The molecule has 102 valence electrons. The minimum absolute atomic E-state index is 0.132. The number of likely N-dealkylation sites (tertiary alicyclic amines) is 1. The van der Waals surface area contributed by atoms with E-state index >= 15 is 0 Å². The van der Waals surface area contributed by atoms with E-state index in [4.69, 9.17) is 21.1 Å². The number of fused-ring (bicyclic) bond motifs is 1. The summed E-state index contributed by atoms with van der Waals surface area (Å²) in [5.41, 5.74) is -0.564. The molecule has 2 aliphatic rings. The molecule has 1 saturated heterocycles. The van der Waals surface area contributed by atoms with Crippen LogP contribution in [0.2, 0.25) is 0 Å². The van der Waals surface area contributed by atoms with Gasteiger partial charge in [-0.05, 0) is 39.5 Å². The van der Waals surface area contributed by atoms with E-state index in [9.17, 15) is 9.59 Å². The number of halogens is 1. The summed E-state index contributed by atoms with van der Waals surface area (Å²) in [6.45, 7) is 5.41. The van der Waals surface area contributed by atoms with Crippen LogP contribution in [0, 0.1) is 5.92 Å². The molecule has 0 bridgehead atoms. The second-order valence-corrected chi connectivity index (χ2v) is 5.99. The summed E-state index contributed by atoms with van der Waals surface area (Å²) in [5.74, 6) is -0.0338. The van der Waals surface area contributed by atoms with Crippen LogP contribution in [-0.4, -0.2) is 40.7 Å². The zero-order chi connectivity index (χ0) is 13.5. The minimum Gasteiger partial charge on any atom is -0.448 e. The lowest BCUT2D eigenvalue weighted by Crippen LogP contribution is -2.46. The van der Waals surface area contributed by atoms with Crippen LogP contribution in [0.25, 0.3) is 0 Å². The number of carbonyl (C=O) groups is 2. The fourth-order valence-corrected chi connectivity index (χ4v) is 2.50. The molecule has 0 unspecified atom stereocenters. The van der Waals surface area contributed by atoms with E-state index < -0.39 is 23.7 Å². The van der Waals surface area contributed by atoms with Gasteiger partial charge in [0.1, 0.15) is 11.6 Å². The van der Waals surface area contributed by atoms with Crippen molar-refractivity contribution in [1.82, 2.24) is 4.90 Å². The van der Waals surface area contributed by atoms with Crippen molar-refractivity contribution < 1.29 is 19.1 Å². The molecule has 18 heavy (non-hydrogen) atoms. The van der Waals surface area contributed by atoms with Gasteiger partial charge in [-0.15, -0.1) is 0 Å². The van der Waals surface area contributed by atoms with Crippen molar-refractivity contribution in [2.45, 2.75) is 51.3 Å². The van der Waals surface area contributed by atoms with Gasteiger partial charge in [-0.25, -0.2) is 9.59 Å². The topological polar surface area (TPSA) is 55.8 Å². The first-order valence-corrected chi connectivity index (χ1v) is 6.61. The van der Waals surface area contributed by atoms with Crippen LogP contribution in [0.5, 0.6) is 0 Å². The van der Waals surface area contributed by atoms with Gasteiger partial charge in [-0.1, -0.05) is 11.6 Å². The molecule has 1 heterocycles. The zero-order valence-electron chi connectivity index (χ0n) is 10.8. The van der Waals surface area contributed by atoms with E-state index in [1.165, 1.54) is 4.90 Å². The molecule has 1 saturated carbocycles. The number of alkyl halides is 1. The highest BCUT2D eigenvalue weighted by atomic mass is 35.5. The minimum atomic E-state index is -0.564. The Kier molecular flexibility index (Phi) is 3.45. The van der Waals surface area contributed by atoms with E-state index in [0.29, 0.717) is 12.3 Å². The second kappa shape index (κ2) is 4.61. The Morgan fingerprint density at radius 3 is 2.56 bits per heavy atom. The molecule has 0 aromatic rings. The zero-order valence-corrected chi connectivity index (χ0v) is 11.6. The molecule has 6 heteroatoms. The number of amides is 1. The van der Waals surface area contributed by atoms with Gasteiger partial charge in [0.2, 0.25) is 0 Å². The van der Waals surface area contributed by atoms with Crippen LogP contribution in [0.1, 0.15) is 33.6 Å². The van der Waals surface area contributed by atoms with Gasteiger partial charge in [0, 0.05) is 6.04 Å². The maximum absolute atomic E-state index is 12.1. The van der Waals surface area contributed by atoms with Gasteiger partial charge >= 0.3 is 12.1 Å². The summed E-state index contributed by atoms with van der Waals surface area (Å²) in [5, 5.41) is 0. The van der Waals surface area contributed by atoms with E-state index in [0.717, 1.165) is 6.42 Å². The summed E-state index contributed by atoms with van der Waals surface area (Å²) < 4.78 is 10.1. The highest BCUT2D eigenvalue weighted by molar-refractivity contribution is 6.17. The number of carbonyl (C=O) groups excluding carboxylic acids is 2. The maximum Gasteiger partial charge on any atom is 0.411 e. The number of esters is 1. The number of nitrogens with zero attached hydrogens (tertiary/aromatic N) is 1. The number of piperidine rings is 1. The van der Waals surface area contributed by atoms with Crippen molar-refractivity contribution in [2.24, 2.45) is 5.92 Å². The SMILES string of the molecule is CC(C)(C)OC(=O)N1[C@H](C(=O)OCCl)C[C@@H]2C[C@@H]21. The summed E-state index contributed by atoms with van der Waals surface area (Å²) in [7, 11) is 0. The van der Waals surface area contributed by atoms with Crippen molar-refractivity contribution >= 4 is 23.7 Å². The molecule has 0 aromatic heterocycles. The van der Waals surface area contributed by atoms with Gasteiger partial charge in [-0.2, -0.15) is 0 Å². The highest BCUT2D eigenvalue weighted by Gasteiger charge is 2.57. The lowest BCUT2D eigenvalue weighted by Gasteiger charge is -2.29. The number of rotatable bonds is 2. The maximum atomic E-state index is 12.1. The molecule has 2 fully saturated rings. The number of hydrogen-bond acceptors (Lipinski definition) is 4. The third-order valence-corrected chi connectivity index (χ3v) is 3.29. The molecule has 0 aromatic carbocycles. The molecule has 0 radical (unpaired) electrons. The molecule has 0 N–H and O–H groups in total. The quantitative estimate of drug-likeness (QED) is 0.572. The van der Waals surface area contributed by atoms with Gasteiger partial charge in [0.05, 0.1) is 0 Å². The molecule has 1 aliphatic carbocycles. The number of ether oxygens (including phenoxy) is 2. The first-order valence-electron chi connectivity index (χ1n) is 6.07. The van der Waals surface area contributed by atoms with Crippen LogP contribution >= 0.6 is 11.6 Å². The van der Waals surface area contributed by atoms with Crippen LogP contribution in [-0.2, 0) is 14.3 Å². The third-order valence-electron chi connectivity index (χ3n) is 3.18. The summed E-state index contributed by atoms with van der Waals surface area (Å²) in [6.07, 6.45) is 1.16. The van der Waals surface area contributed by atoms with Crippen LogP contribution in [0.4, 0.5) is 4.79 Å². The molecular weight excluding hydrogens is 258 g/mol. The monoisotopic (exact) mass is 275 g/mol. The highest BCUT2D eigenvalue weighted by Crippen LogP contribution is 2.48. The average Bonchev–Trinajstić information content (AvgIpc) is 2.86. The molecule has 1 amide bonds. The van der Waals surface area contributed by atoms with Gasteiger partial charge in [0.15, 0.2) is 6.07 Å². The molecular formula is C12H18ClNO4. The Bertz CT molecular complexity index is 366. The summed E-state index contributed by atoms with van der Waals surface area (Å²) >= 11 is 5.38. The molecule has 3 atom stereocenters. The van der Waals surface area contributed by atoms with Crippen molar-refractivity contribution in [2.75, 3.05) is 6.07 Å². The summed E-state index contributed by atoms with van der Waals surface area (Å²) in [6, 6.07) is -0.595. The number of hydrogen-bond donors (Lipinski definition) is 0. The Hall–Kier alpha value is -0.970. The smallest absolute Gasteiger partial charge is 0.411 e. The predicted octanol–water partition coefficient (Wildman–Crippen LogP) is 2.12. The summed E-state index contributed by atoms with van der Waals surface area (Å²) in [4.78, 5) is 25.3. The fraction of sp³-hybridized carbons (Fsp3) is 0.833. The van der Waals surface area contributed by atoms with Gasteiger partial charge in [0.25, 0.3) is 0 Å². The predicted molar refractivity (Wildman–Crippen MR) is 65.2 cm³/mol. The normalized spacial score (nSPS) is 29.8. The van der Waals surface area contributed by atoms with Crippen LogP contribution in [0.3, 0.4) is 0 Å². The van der Waals surface area contributed by atoms with Crippen molar-refractivity contribution in [1.29, 1.82) is 0 Å². The third kappa shape index (κ3) is 2.71. The largest absolute Gasteiger partial charge is 0.448 e. The van der Waals surface area contributed by atoms with Crippen molar-refractivity contribution in [3.63, 3.8) is 0 Å². The van der Waals surface area contributed by atoms with Gasteiger partial charge in [-0.3, -0.25) is 4.90 Å². The Labute approximate surface area is 111 Å². The standard InChI is InChI=1S/C12H18ClNO4/c1-12(2,3)18-11(16)14-8-4-7(8)5-9(14)10(15)17-6-13/h7-9H,4-6H2,1-3H3/t7-,8-,9-/m0/s1. The van der Waals surface area contributed by atoms with Crippen molar-refractivity contribution in [3.8, 4) is 0 Å². The lowest BCUT2D eigenvalue weighted by atomic mass is 10.2. The molecule has 5 nitrogen and oxygen atoms in total. The van der Waals surface area contributed by atoms with E-state index in [1.54, 1.807) is 20.8 Å². The average molecular weight is 276 g/mol. The second-order valence-electron chi connectivity index (χ2n) is 5.77. The van der Waals surface area contributed by atoms with Crippen LogP contribution in [0.15, 0.2) is 0 Å². The lowest BCUT2D eigenvalue weighted by molar-refractivity contribution is -0.147. The molecule has 1 aliphatic heterocycles. The Morgan fingerprint density at radius 1 is 1.33 bits per heavy atom. The Balaban J connectivity index is 2.04. The molecule has 2 rings (SSSR count). The first-order chi connectivity index (χ1) is 8.33. The van der Waals surface area contributed by atoms with E-state index in [-0.39, 0.29) is 12.1 Å². The first kappa shape index (κ1) is 13.5. The Morgan fingerprint density at radius 2 is 2.00 bits per heavy atom. The van der Waals surface area contributed by atoms with E-state index in [1.807, 2.05) is 0 Å². The van der Waals surface area contributed by atoms with Crippen LogP contribution < -0.4 is 0 Å². The van der Waals surface area contributed by atoms with Crippen molar-refractivity contribution in [3.05, 3.63) is 0 Å².